The number of benzene rings is 3. The number of methoxy groups -OCH3 is 1. The summed E-state index contributed by atoms with van der Waals surface area (Å²) in [4.78, 5) is 45.6. The third-order valence-corrected chi connectivity index (χ3v) is 7.68. The van der Waals surface area contributed by atoms with Crippen molar-refractivity contribution in [3.8, 4) is 28.3 Å². The molecule has 0 spiro atoms. The number of rotatable bonds is 13. The van der Waals surface area contributed by atoms with E-state index in [-0.39, 0.29) is 18.6 Å². The number of aromatic amines is 1. The van der Waals surface area contributed by atoms with Crippen LogP contribution in [-0.2, 0) is 35.3 Å². The van der Waals surface area contributed by atoms with Crippen LogP contribution in [0.15, 0.2) is 86.9 Å². The first-order valence-corrected chi connectivity index (χ1v) is 15.0. The second kappa shape index (κ2) is 14.5. The van der Waals surface area contributed by atoms with Gasteiger partial charge in [-0.1, -0.05) is 85.2 Å². The van der Waals surface area contributed by atoms with Crippen molar-refractivity contribution in [1.29, 1.82) is 0 Å². The Hall–Kier alpha value is -5.25. The number of ether oxygens (including phenoxy) is 2. The summed E-state index contributed by atoms with van der Waals surface area (Å²) in [6, 6.07) is 23.0. The van der Waals surface area contributed by atoms with Gasteiger partial charge in [0.05, 0.1) is 26.7 Å². The molecular weight excluding hydrogens is 572 g/mol. The van der Waals surface area contributed by atoms with Gasteiger partial charge in [0.2, 0.25) is 0 Å². The van der Waals surface area contributed by atoms with Gasteiger partial charge < -0.3 is 9.47 Å². The molecule has 2 heterocycles. The molecule has 0 aliphatic rings. The van der Waals surface area contributed by atoms with Crippen LogP contribution in [-0.4, -0.2) is 39.4 Å². The molecule has 5 rings (SSSR count). The lowest BCUT2D eigenvalue weighted by atomic mass is 9.98. The highest BCUT2D eigenvalue weighted by atomic mass is 16.5. The fraction of sp³-hybridized carbons (Fsp3) is 0.286. The third kappa shape index (κ3) is 7.46. The van der Waals surface area contributed by atoms with E-state index in [1.165, 1.54) is 0 Å². The molecule has 10 heteroatoms. The van der Waals surface area contributed by atoms with Crippen LogP contribution in [0.4, 0.5) is 0 Å². The number of aryl methyl sites for hydroxylation is 2. The molecule has 0 fully saturated rings. The average Bonchev–Trinajstić information content (AvgIpc) is 3.50. The molecule has 0 aliphatic carbocycles. The van der Waals surface area contributed by atoms with Crippen molar-refractivity contribution in [2.24, 2.45) is 0 Å². The number of carbonyl (C=O) groups excluding carboxylic acids is 1. The Kier molecular flexibility index (Phi) is 10.0. The SMILES string of the molecule is CCCCc1nc(C)c(CC(=O)OCCc2ccccc2OC)c(=O)n1Cc1ccc(-c2ccccc2-c2noc(=O)[nH]2)cc1. The van der Waals surface area contributed by atoms with Crippen LogP contribution in [0.2, 0.25) is 0 Å². The maximum atomic E-state index is 13.8. The zero-order chi connectivity index (χ0) is 31.8. The zero-order valence-corrected chi connectivity index (χ0v) is 25.7. The molecule has 0 unspecified atom stereocenters. The summed E-state index contributed by atoms with van der Waals surface area (Å²) in [5, 5.41) is 3.84. The van der Waals surface area contributed by atoms with Crippen LogP contribution in [0.1, 0.15) is 48.0 Å². The molecule has 0 saturated carbocycles. The Morgan fingerprint density at radius 3 is 2.40 bits per heavy atom. The molecule has 1 N–H and O–H groups in total. The molecule has 0 atom stereocenters. The van der Waals surface area contributed by atoms with Crippen molar-refractivity contribution >= 4 is 5.97 Å². The largest absolute Gasteiger partial charge is 0.496 e. The van der Waals surface area contributed by atoms with Gasteiger partial charge in [-0.25, -0.2) is 9.78 Å². The normalized spacial score (nSPS) is 11.0. The molecule has 0 aliphatic heterocycles. The molecule has 0 saturated heterocycles. The fourth-order valence-corrected chi connectivity index (χ4v) is 5.29. The van der Waals surface area contributed by atoms with E-state index in [9.17, 15) is 14.4 Å². The van der Waals surface area contributed by atoms with Crippen LogP contribution in [0.5, 0.6) is 5.75 Å². The van der Waals surface area contributed by atoms with Crippen LogP contribution in [0, 0.1) is 6.92 Å². The molecule has 3 aromatic carbocycles. The lowest BCUT2D eigenvalue weighted by molar-refractivity contribution is -0.142. The molecule has 0 radical (unpaired) electrons. The minimum atomic E-state index is -0.619. The van der Waals surface area contributed by atoms with Gasteiger partial charge in [0.25, 0.3) is 5.56 Å². The van der Waals surface area contributed by atoms with Crippen LogP contribution < -0.4 is 16.1 Å². The number of esters is 1. The molecule has 0 bridgehead atoms. The average molecular weight is 609 g/mol. The number of hydrogen-bond acceptors (Lipinski definition) is 8. The first kappa shape index (κ1) is 31.2. The van der Waals surface area contributed by atoms with Crippen LogP contribution >= 0.6 is 0 Å². The summed E-state index contributed by atoms with van der Waals surface area (Å²) in [6.07, 6.45) is 2.84. The van der Waals surface area contributed by atoms with Crippen LogP contribution in [0.3, 0.4) is 0 Å². The van der Waals surface area contributed by atoms with E-state index < -0.39 is 11.7 Å². The molecular formula is C35H36N4O6. The topological polar surface area (TPSA) is 129 Å². The highest BCUT2D eigenvalue weighted by Crippen LogP contribution is 2.30. The van der Waals surface area contributed by atoms with E-state index in [4.69, 9.17) is 19.0 Å². The summed E-state index contributed by atoms with van der Waals surface area (Å²) in [6.45, 7) is 4.35. The molecule has 232 valence electrons. The quantitative estimate of drug-likeness (QED) is 0.179. The Balaban J connectivity index is 1.35. The summed E-state index contributed by atoms with van der Waals surface area (Å²) < 4.78 is 17.3. The summed E-state index contributed by atoms with van der Waals surface area (Å²) in [5.41, 5.74) is 5.01. The lowest BCUT2D eigenvalue weighted by Gasteiger charge is -2.16. The summed E-state index contributed by atoms with van der Waals surface area (Å²) in [5.74, 6) is 0.686. The fourth-order valence-electron chi connectivity index (χ4n) is 5.29. The predicted molar refractivity (Wildman–Crippen MR) is 170 cm³/mol. The molecule has 10 nitrogen and oxygen atoms in total. The van der Waals surface area contributed by atoms with Gasteiger partial charge >= 0.3 is 11.7 Å². The van der Waals surface area contributed by atoms with Crippen LogP contribution in [0.25, 0.3) is 22.5 Å². The number of para-hydroxylation sites is 1. The number of carbonyl (C=O) groups is 1. The number of aromatic nitrogens is 4. The number of nitrogens with zero attached hydrogens (tertiary/aromatic N) is 3. The van der Waals surface area contributed by atoms with Crippen molar-refractivity contribution in [3.63, 3.8) is 0 Å². The van der Waals surface area contributed by atoms with Gasteiger partial charge in [0, 0.05) is 29.7 Å². The van der Waals surface area contributed by atoms with Crippen molar-refractivity contribution in [2.75, 3.05) is 13.7 Å². The van der Waals surface area contributed by atoms with Crippen molar-refractivity contribution < 1.29 is 18.8 Å². The second-order valence-electron chi connectivity index (χ2n) is 10.7. The van der Waals surface area contributed by atoms with E-state index in [2.05, 4.69) is 17.1 Å². The second-order valence-corrected chi connectivity index (χ2v) is 10.7. The summed E-state index contributed by atoms with van der Waals surface area (Å²) >= 11 is 0. The number of unbranched alkanes of at least 4 members (excludes halogenated alkanes) is 1. The van der Waals surface area contributed by atoms with Gasteiger partial charge in [0.15, 0.2) is 5.82 Å². The Bertz CT molecular complexity index is 1890. The standard InChI is InChI=1S/C35H36N4O6/c1-4-5-14-31-36-23(2)29(21-32(40)44-20-19-26-10-6-9-13-30(26)43-3)34(41)39(31)22-24-15-17-25(18-16-24)27-11-7-8-12-28(27)33-37-35(42)45-38-33/h6-13,15-18H,4-5,14,19-22H2,1-3H3,(H,37,38,42). The first-order chi connectivity index (χ1) is 21.9. The smallest absolute Gasteiger partial charge is 0.439 e. The summed E-state index contributed by atoms with van der Waals surface area (Å²) in [7, 11) is 1.61. The Morgan fingerprint density at radius 2 is 1.69 bits per heavy atom. The van der Waals surface area contributed by atoms with E-state index in [0.29, 0.717) is 42.3 Å². The zero-order valence-electron chi connectivity index (χ0n) is 25.7. The van der Waals surface area contributed by atoms with Crippen molar-refractivity contribution in [2.45, 2.75) is 52.5 Å². The third-order valence-electron chi connectivity index (χ3n) is 7.68. The minimum absolute atomic E-state index is 0.155. The highest BCUT2D eigenvalue weighted by molar-refractivity contribution is 5.80. The van der Waals surface area contributed by atoms with E-state index in [1.807, 2.05) is 72.8 Å². The maximum absolute atomic E-state index is 13.8. The Morgan fingerprint density at radius 1 is 0.956 bits per heavy atom. The Labute approximate surface area is 260 Å². The van der Waals surface area contributed by atoms with Crippen molar-refractivity contribution in [3.05, 3.63) is 122 Å². The van der Waals surface area contributed by atoms with Gasteiger partial charge in [-0.15, -0.1) is 0 Å². The highest BCUT2D eigenvalue weighted by Gasteiger charge is 2.19. The molecule has 5 aromatic rings. The lowest BCUT2D eigenvalue weighted by Crippen LogP contribution is -2.31. The number of nitrogens with one attached hydrogen (secondary N) is 1. The number of hydrogen-bond donors (Lipinski definition) is 1. The van der Waals surface area contributed by atoms with Gasteiger partial charge in [-0.3, -0.25) is 23.7 Å². The molecule has 0 amide bonds. The van der Waals surface area contributed by atoms with E-state index >= 15 is 0 Å². The van der Waals surface area contributed by atoms with E-state index in [1.54, 1.807) is 18.6 Å². The number of H-pyrrole nitrogens is 1. The molecule has 45 heavy (non-hydrogen) atoms. The van der Waals surface area contributed by atoms with Gasteiger partial charge in [-0.2, -0.15) is 0 Å². The van der Waals surface area contributed by atoms with Gasteiger partial charge in [-0.05, 0) is 41.7 Å². The predicted octanol–water partition coefficient (Wildman–Crippen LogP) is 5.29. The van der Waals surface area contributed by atoms with Crippen molar-refractivity contribution in [1.82, 2.24) is 19.7 Å². The molecule has 2 aromatic heterocycles. The van der Waals surface area contributed by atoms with E-state index in [0.717, 1.165) is 46.4 Å². The maximum Gasteiger partial charge on any atom is 0.439 e. The minimum Gasteiger partial charge on any atom is -0.496 e. The van der Waals surface area contributed by atoms with Gasteiger partial charge in [0.1, 0.15) is 11.6 Å². The first-order valence-electron chi connectivity index (χ1n) is 15.0. The monoisotopic (exact) mass is 608 g/mol.